The second-order valence-corrected chi connectivity index (χ2v) is 4.95. The van der Waals surface area contributed by atoms with Gasteiger partial charge in [-0.05, 0) is 18.3 Å². The predicted octanol–water partition coefficient (Wildman–Crippen LogP) is 2.69. The SMILES string of the molecule is CC(C)[C@@H]1Oc2cc(O)cc(O)c2C[C@@H]1C. The van der Waals surface area contributed by atoms with E-state index in [1.165, 1.54) is 6.07 Å². The zero-order valence-electron chi connectivity index (χ0n) is 9.90. The van der Waals surface area contributed by atoms with Gasteiger partial charge < -0.3 is 14.9 Å². The van der Waals surface area contributed by atoms with Gasteiger partial charge >= 0.3 is 0 Å². The lowest BCUT2D eigenvalue weighted by molar-refractivity contribution is 0.0786. The predicted molar refractivity (Wildman–Crippen MR) is 61.9 cm³/mol. The Morgan fingerprint density at radius 2 is 2.00 bits per heavy atom. The van der Waals surface area contributed by atoms with E-state index >= 15 is 0 Å². The highest BCUT2D eigenvalue weighted by Gasteiger charge is 2.30. The summed E-state index contributed by atoms with van der Waals surface area (Å²) in [5.74, 6) is 1.60. The normalized spacial score (nSPS) is 24.0. The summed E-state index contributed by atoms with van der Waals surface area (Å²) in [6, 6.07) is 2.95. The van der Waals surface area contributed by atoms with Crippen molar-refractivity contribution in [2.24, 2.45) is 11.8 Å². The molecule has 2 rings (SSSR count). The average Bonchev–Trinajstić information content (AvgIpc) is 2.18. The van der Waals surface area contributed by atoms with Crippen LogP contribution in [0.15, 0.2) is 12.1 Å². The van der Waals surface area contributed by atoms with E-state index in [4.69, 9.17) is 4.74 Å². The van der Waals surface area contributed by atoms with Crippen molar-refractivity contribution in [3.05, 3.63) is 17.7 Å². The summed E-state index contributed by atoms with van der Waals surface area (Å²) in [5.41, 5.74) is 0.808. The highest BCUT2D eigenvalue weighted by atomic mass is 16.5. The lowest BCUT2D eigenvalue weighted by Gasteiger charge is -2.34. The van der Waals surface area contributed by atoms with Crippen molar-refractivity contribution < 1.29 is 14.9 Å². The van der Waals surface area contributed by atoms with Gasteiger partial charge in [0.2, 0.25) is 0 Å². The molecule has 0 fully saturated rings. The molecule has 2 N–H and O–H groups in total. The van der Waals surface area contributed by atoms with Crippen LogP contribution in [0.4, 0.5) is 0 Å². The maximum absolute atomic E-state index is 9.74. The standard InChI is InChI=1S/C13H18O3/c1-7(2)13-8(3)4-10-11(15)5-9(14)6-12(10)16-13/h5-8,13-15H,4H2,1-3H3/t8-,13-/m0/s1. The minimum absolute atomic E-state index is 0.0494. The van der Waals surface area contributed by atoms with Crippen LogP contribution in [0, 0.1) is 11.8 Å². The minimum Gasteiger partial charge on any atom is -0.508 e. The summed E-state index contributed by atoms with van der Waals surface area (Å²) >= 11 is 0. The fraction of sp³-hybridized carbons (Fsp3) is 0.538. The molecule has 3 heteroatoms. The first-order valence-electron chi connectivity index (χ1n) is 5.70. The van der Waals surface area contributed by atoms with Gasteiger partial charge in [0.15, 0.2) is 0 Å². The largest absolute Gasteiger partial charge is 0.508 e. The van der Waals surface area contributed by atoms with Crippen LogP contribution in [-0.2, 0) is 6.42 Å². The Morgan fingerprint density at radius 1 is 1.31 bits per heavy atom. The van der Waals surface area contributed by atoms with Gasteiger partial charge in [-0.15, -0.1) is 0 Å². The number of phenolic OH excluding ortho intramolecular Hbond substituents is 2. The van der Waals surface area contributed by atoms with Crippen LogP contribution in [0.3, 0.4) is 0 Å². The lowest BCUT2D eigenvalue weighted by Crippen LogP contribution is -2.35. The van der Waals surface area contributed by atoms with E-state index in [-0.39, 0.29) is 17.6 Å². The zero-order valence-corrected chi connectivity index (χ0v) is 9.90. The molecule has 0 aromatic heterocycles. The number of ether oxygens (including phenoxy) is 1. The van der Waals surface area contributed by atoms with E-state index in [2.05, 4.69) is 20.8 Å². The van der Waals surface area contributed by atoms with Crippen molar-refractivity contribution in [1.82, 2.24) is 0 Å². The molecule has 2 atom stereocenters. The Balaban J connectivity index is 2.39. The maximum Gasteiger partial charge on any atom is 0.130 e. The van der Waals surface area contributed by atoms with Crippen LogP contribution in [0.5, 0.6) is 17.2 Å². The molecule has 0 bridgehead atoms. The van der Waals surface area contributed by atoms with E-state index in [1.807, 2.05) is 0 Å². The highest BCUT2D eigenvalue weighted by molar-refractivity contribution is 5.50. The Kier molecular flexibility index (Phi) is 2.70. The first kappa shape index (κ1) is 11.1. The summed E-state index contributed by atoms with van der Waals surface area (Å²) in [5, 5.41) is 19.2. The summed E-state index contributed by atoms with van der Waals surface area (Å²) < 4.78 is 5.85. The fourth-order valence-corrected chi connectivity index (χ4v) is 2.42. The molecule has 1 heterocycles. The van der Waals surface area contributed by atoms with Crippen LogP contribution >= 0.6 is 0 Å². The van der Waals surface area contributed by atoms with E-state index < -0.39 is 0 Å². The van der Waals surface area contributed by atoms with Crippen molar-refractivity contribution >= 4 is 0 Å². The van der Waals surface area contributed by atoms with E-state index in [1.54, 1.807) is 6.07 Å². The van der Waals surface area contributed by atoms with Crippen molar-refractivity contribution in [2.45, 2.75) is 33.3 Å². The molecule has 0 saturated heterocycles. The van der Waals surface area contributed by atoms with Crippen LogP contribution < -0.4 is 4.74 Å². The van der Waals surface area contributed by atoms with Gasteiger partial charge in [-0.2, -0.15) is 0 Å². The zero-order chi connectivity index (χ0) is 11.9. The van der Waals surface area contributed by atoms with E-state index in [0.29, 0.717) is 17.6 Å². The third-order valence-corrected chi connectivity index (χ3v) is 3.18. The molecule has 1 aliphatic heterocycles. The number of phenols is 2. The third kappa shape index (κ3) is 1.82. The molecule has 0 saturated carbocycles. The molecule has 0 aliphatic carbocycles. The number of aromatic hydroxyl groups is 2. The van der Waals surface area contributed by atoms with Crippen molar-refractivity contribution in [1.29, 1.82) is 0 Å². The molecule has 3 nitrogen and oxygen atoms in total. The van der Waals surface area contributed by atoms with Crippen molar-refractivity contribution in [3.8, 4) is 17.2 Å². The van der Waals surface area contributed by atoms with Crippen LogP contribution in [-0.4, -0.2) is 16.3 Å². The smallest absolute Gasteiger partial charge is 0.130 e. The summed E-state index contributed by atoms with van der Waals surface area (Å²) in [6.07, 6.45) is 0.943. The fourth-order valence-electron chi connectivity index (χ4n) is 2.42. The molecule has 16 heavy (non-hydrogen) atoms. The number of benzene rings is 1. The van der Waals surface area contributed by atoms with Gasteiger partial charge in [0.25, 0.3) is 0 Å². The first-order valence-corrected chi connectivity index (χ1v) is 5.70. The molecule has 1 aromatic rings. The van der Waals surface area contributed by atoms with Crippen LogP contribution in [0.2, 0.25) is 0 Å². The minimum atomic E-state index is 0.0494. The molecule has 0 amide bonds. The Hall–Kier alpha value is -1.38. The number of hydrogen-bond acceptors (Lipinski definition) is 3. The summed E-state index contributed by atoms with van der Waals surface area (Å²) in [4.78, 5) is 0. The maximum atomic E-state index is 9.74. The molecule has 1 aliphatic rings. The summed E-state index contributed by atoms with van der Waals surface area (Å²) in [7, 11) is 0. The highest BCUT2D eigenvalue weighted by Crippen LogP contribution is 2.40. The number of rotatable bonds is 1. The quantitative estimate of drug-likeness (QED) is 0.768. The van der Waals surface area contributed by atoms with Crippen molar-refractivity contribution in [3.63, 3.8) is 0 Å². The molecule has 88 valence electrons. The van der Waals surface area contributed by atoms with E-state index in [9.17, 15) is 10.2 Å². The lowest BCUT2D eigenvalue weighted by atomic mass is 9.86. The Bertz CT molecular complexity index is 398. The molecule has 0 spiro atoms. The average molecular weight is 222 g/mol. The van der Waals surface area contributed by atoms with Gasteiger partial charge in [0.1, 0.15) is 23.4 Å². The van der Waals surface area contributed by atoms with Crippen LogP contribution in [0.1, 0.15) is 26.3 Å². The number of fused-ring (bicyclic) bond motifs is 1. The third-order valence-electron chi connectivity index (χ3n) is 3.18. The van der Waals surface area contributed by atoms with Gasteiger partial charge in [-0.1, -0.05) is 20.8 Å². The van der Waals surface area contributed by atoms with Crippen molar-refractivity contribution in [2.75, 3.05) is 0 Å². The molecular weight excluding hydrogens is 204 g/mol. The molecular formula is C13H18O3. The Morgan fingerprint density at radius 3 is 2.62 bits per heavy atom. The van der Waals surface area contributed by atoms with E-state index in [0.717, 1.165) is 12.0 Å². The Labute approximate surface area is 95.7 Å². The van der Waals surface area contributed by atoms with Gasteiger partial charge in [0, 0.05) is 17.7 Å². The topological polar surface area (TPSA) is 49.7 Å². The molecule has 0 unspecified atom stereocenters. The van der Waals surface area contributed by atoms with Crippen LogP contribution in [0.25, 0.3) is 0 Å². The number of hydrogen-bond donors (Lipinski definition) is 2. The van der Waals surface area contributed by atoms with Gasteiger partial charge in [-0.25, -0.2) is 0 Å². The first-order chi connectivity index (χ1) is 7.49. The monoisotopic (exact) mass is 222 g/mol. The second-order valence-electron chi connectivity index (χ2n) is 4.95. The molecule has 1 aromatic carbocycles. The molecule has 0 radical (unpaired) electrons. The second kappa shape index (κ2) is 3.89. The summed E-state index contributed by atoms with van der Waals surface area (Å²) in [6.45, 7) is 6.36. The van der Waals surface area contributed by atoms with Gasteiger partial charge in [0.05, 0.1) is 0 Å². The van der Waals surface area contributed by atoms with Gasteiger partial charge in [-0.3, -0.25) is 0 Å².